The lowest BCUT2D eigenvalue weighted by Gasteiger charge is -2.08. The first-order valence-corrected chi connectivity index (χ1v) is 5.99. The Kier molecular flexibility index (Phi) is 4.03. The molecule has 7 heteroatoms. The third-order valence-electron chi connectivity index (χ3n) is 2.73. The van der Waals surface area contributed by atoms with Gasteiger partial charge in [-0.15, -0.1) is 0 Å². The first kappa shape index (κ1) is 14.3. The molecule has 21 heavy (non-hydrogen) atoms. The van der Waals surface area contributed by atoms with Gasteiger partial charge in [-0.3, -0.25) is 14.9 Å². The highest BCUT2D eigenvalue weighted by molar-refractivity contribution is 5.95. The van der Waals surface area contributed by atoms with Crippen LogP contribution in [0.15, 0.2) is 42.5 Å². The number of ether oxygens (including phenoxy) is 1. The minimum atomic E-state index is -0.651. The van der Waals surface area contributed by atoms with Crippen molar-refractivity contribution in [1.82, 2.24) is 5.32 Å². The Morgan fingerprint density at radius 3 is 2.57 bits per heavy atom. The van der Waals surface area contributed by atoms with Crippen molar-refractivity contribution in [3.63, 3.8) is 0 Å². The lowest BCUT2D eigenvalue weighted by atomic mass is 10.1. The molecule has 2 N–H and O–H groups in total. The van der Waals surface area contributed by atoms with Crippen LogP contribution in [0.2, 0.25) is 0 Å². The van der Waals surface area contributed by atoms with Crippen LogP contribution in [0, 0.1) is 10.1 Å². The van der Waals surface area contributed by atoms with E-state index < -0.39 is 10.8 Å². The zero-order valence-electron chi connectivity index (χ0n) is 11.1. The van der Waals surface area contributed by atoms with Gasteiger partial charge < -0.3 is 15.2 Å². The van der Waals surface area contributed by atoms with Gasteiger partial charge in [0.25, 0.3) is 5.91 Å². The summed E-state index contributed by atoms with van der Waals surface area (Å²) in [6, 6.07) is 9.95. The Hall–Kier alpha value is -3.09. The van der Waals surface area contributed by atoms with E-state index in [9.17, 15) is 20.0 Å². The predicted octanol–water partition coefficient (Wildman–Crippen LogP) is 2.45. The number of para-hydroxylation sites is 2. The summed E-state index contributed by atoms with van der Waals surface area (Å²) < 4.78 is 5.35. The van der Waals surface area contributed by atoms with E-state index in [4.69, 9.17) is 4.74 Å². The van der Waals surface area contributed by atoms with Crippen molar-refractivity contribution >= 4 is 11.6 Å². The van der Waals surface area contributed by atoms with Crippen LogP contribution in [-0.4, -0.2) is 23.0 Å². The second-order valence-corrected chi connectivity index (χ2v) is 4.09. The molecule has 0 aromatic heterocycles. The van der Waals surface area contributed by atoms with Crippen molar-refractivity contribution < 1.29 is 19.6 Å². The fourth-order valence-electron chi connectivity index (χ4n) is 1.69. The molecule has 2 rings (SSSR count). The van der Waals surface area contributed by atoms with Crippen molar-refractivity contribution in [2.75, 3.05) is 7.05 Å². The molecule has 0 unspecified atom stereocenters. The standard InChI is InChI=1S/C14H12N2O5/c1-15-14(18)9-6-7-12(10(8-9)16(19)20)21-13-5-3-2-4-11(13)17/h2-8,17H,1H3,(H,15,18). The number of nitro groups is 1. The number of phenols is 1. The Morgan fingerprint density at radius 1 is 1.24 bits per heavy atom. The molecule has 2 aromatic rings. The molecular formula is C14H12N2O5. The molecule has 7 nitrogen and oxygen atoms in total. The molecular weight excluding hydrogens is 276 g/mol. The Bertz CT molecular complexity index is 700. The molecule has 0 heterocycles. The fraction of sp³-hybridized carbons (Fsp3) is 0.0714. The summed E-state index contributed by atoms with van der Waals surface area (Å²) in [5, 5.41) is 23.1. The molecule has 108 valence electrons. The van der Waals surface area contributed by atoms with E-state index in [1.54, 1.807) is 12.1 Å². The SMILES string of the molecule is CNC(=O)c1ccc(Oc2ccccc2O)c([N+](=O)[O-])c1. The molecule has 0 atom stereocenters. The molecule has 1 amide bonds. The first-order valence-electron chi connectivity index (χ1n) is 5.99. The smallest absolute Gasteiger partial charge is 0.312 e. The van der Waals surface area contributed by atoms with Crippen molar-refractivity contribution in [3.05, 3.63) is 58.1 Å². The third-order valence-corrected chi connectivity index (χ3v) is 2.73. The maximum Gasteiger partial charge on any atom is 0.312 e. The number of nitro benzene ring substituents is 1. The van der Waals surface area contributed by atoms with Crippen LogP contribution in [0.1, 0.15) is 10.4 Å². The van der Waals surface area contributed by atoms with Crippen LogP contribution in [0.25, 0.3) is 0 Å². The summed E-state index contributed by atoms with van der Waals surface area (Å²) in [6.45, 7) is 0. The van der Waals surface area contributed by atoms with Gasteiger partial charge in [-0.2, -0.15) is 0 Å². The van der Waals surface area contributed by atoms with Gasteiger partial charge in [0.05, 0.1) is 4.92 Å². The lowest BCUT2D eigenvalue weighted by molar-refractivity contribution is -0.385. The number of carbonyl (C=O) groups excluding carboxylic acids is 1. The summed E-state index contributed by atoms with van der Waals surface area (Å²) in [5.74, 6) is -0.545. The van der Waals surface area contributed by atoms with Gasteiger partial charge in [0, 0.05) is 18.7 Å². The monoisotopic (exact) mass is 288 g/mol. The molecule has 0 aliphatic rings. The zero-order chi connectivity index (χ0) is 15.4. The van der Waals surface area contributed by atoms with Crippen LogP contribution < -0.4 is 10.1 Å². The fourth-order valence-corrected chi connectivity index (χ4v) is 1.69. The molecule has 0 saturated carbocycles. The van der Waals surface area contributed by atoms with Crippen LogP contribution in [-0.2, 0) is 0 Å². The van der Waals surface area contributed by atoms with Gasteiger partial charge in [0.1, 0.15) is 0 Å². The number of rotatable bonds is 4. The molecule has 0 aliphatic carbocycles. The van der Waals surface area contributed by atoms with Gasteiger partial charge >= 0.3 is 5.69 Å². The predicted molar refractivity (Wildman–Crippen MR) is 74.7 cm³/mol. The largest absolute Gasteiger partial charge is 0.504 e. The minimum Gasteiger partial charge on any atom is -0.504 e. The van der Waals surface area contributed by atoms with Crippen LogP contribution in [0.4, 0.5) is 5.69 Å². The Labute approximate surface area is 119 Å². The van der Waals surface area contributed by atoms with Gasteiger partial charge in [-0.25, -0.2) is 0 Å². The van der Waals surface area contributed by atoms with E-state index in [0.29, 0.717) is 0 Å². The number of nitrogens with one attached hydrogen (secondary N) is 1. The van der Waals surface area contributed by atoms with E-state index in [1.807, 2.05) is 0 Å². The van der Waals surface area contributed by atoms with Crippen LogP contribution >= 0.6 is 0 Å². The van der Waals surface area contributed by atoms with Crippen molar-refractivity contribution in [2.24, 2.45) is 0 Å². The van der Waals surface area contributed by atoms with Gasteiger partial charge in [0.2, 0.25) is 5.75 Å². The molecule has 0 aliphatic heterocycles. The van der Waals surface area contributed by atoms with E-state index in [1.165, 1.54) is 31.3 Å². The molecule has 2 aromatic carbocycles. The Morgan fingerprint density at radius 2 is 1.95 bits per heavy atom. The number of carbonyl (C=O) groups is 1. The maximum absolute atomic E-state index is 11.5. The summed E-state index contributed by atoms with van der Waals surface area (Å²) in [5.41, 5.74) is -0.215. The minimum absolute atomic E-state index is 0.0610. The number of benzene rings is 2. The maximum atomic E-state index is 11.5. The van der Waals surface area contributed by atoms with E-state index in [2.05, 4.69) is 5.32 Å². The van der Waals surface area contributed by atoms with E-state index >= 15 is 0 Å². The summed E-state index contributed by atoms with van der Waals surface area (Å²) in [7, 11) is 1.43. The Balaban J connectivity index is 2.42. The molecule has 0 fully saturated rings. The average molecular weight is 288 g/mol. The second-order valence-electron chi connectivity index (χ2n) is 4.09. The normalized spacial score (nSPS) is 9.95. The number of amides is 1. The zero-order valence-corrected chi connectivity index (χ0v) is 11.1. The molecule has 0 radical (unpaired) electrons. The number of hydrogen-bond acceptors (Lipinski definition) is 5. The summed E-state index contributed by atoms with van der Waals surface area (Å²) in [6.07, 6.45) is 0. The van der Waals surface area contributed by atoms with Crippen LogP contribution in [0.5, 0.6) is 17.2 Å². The highest BCUT2D eigenvalue weighted by Crippen LogP contribution is 2.35. The third kappa shape index (κ3) is 3.08. The van der Waals surface area contributed by atoms with Gasteiger partial charge in [0.15, 0.2) is 11.5 Å². The number of nitrogens with zero attached hydrogens (tertiary/aromatic N) is 1. The number of phenolic OH excluding ortho intramolecular Hbond substituents is 1. The summed E-state index contributed by atoms with van der Waals surface area (Å²) >= 11 is 0. The van der Waals surface area contributed by atoms with Crippen molar-refractivity contribution in [1.29, 1.82) is 0 Å². The molecule has 0 saturated heterocycles. The quantitative estimate of drug-likeness (QED) is 0.664. The average Bonchev–Trinajstić information content (AvgIpc) is 2.49. The molecule has 0 bridgehead atoms. The second kappa shape index (κ2) is 5.91. The highest BCUT2D eigenvalue weighted by atomic mass is 16.6. The van der Waals surface area contributed by atoms with Crippen LogP contribution in [0.3, 0.4) is 0 Å². The molecule has 0 spiro atoms. The first-order chi connectivity index (χ1) is 10.0. The topological polar surface area (TPSA) is 102 Å². The lowest BCUT2D eigenvalue weighted by Crippen LogP contribution is -2.17. The number of hydrogen-bond donors (Lipinski definition) is 2. The van der Waals surface area contributed by atoms with E-state index in [0.717, 1.165) is 6.07 Å². The van der Waals surface area contributed by atoms with E-state index in [-0.39, 0.29) is 28.5 Å². The van der Waals surface area contributed by atoms with Gasteiger partial charge in [-0.05, 0) is 24.3 Å². The van der Waals surface area contributed by atoms with Gasteiger partial charge in [-0.1, -0.05) is 12.1 Å². The summed E-state index contributed by atoms with van der Waals surface area (Å²) in [4.78, 5) is 21.9. The van der Waals surface area contributed by atoms with Crippen molar-refractivity contribution in [2.45, 2.75) is 0 Å². The number of aromatic hydroxyl groups is 1. The highest BCUT2D eigenvalue weighted by Gasteiger charge is 2.19. The van der Waals surface area contributed by atoms with Crippen molar-refractivity contribution in [3.8, 4) is 17.2 Å².